The summed E-state index contributed by atoms with van der Waals surface area (Å²) in [6, 6.07) is 19.2. The Bertz CT molecular complexity index is 1460. The fraction of sp³-hybridized carbons (Fsp3) is 0.367. The molecule has 0 saturated carbocycles. The maximum Gasteiger partial charge on any atom is 0.324 e. The van der Waals surface area contributed by atoms with Crippen LogP contribution < -0.4 is 14.4 Å². The van der Waals surface area contributed by atoms with Crippen LogP contribution in [0.4, 0.5) is 6.01 Å². The number of aromatic nitrogens is 3. The SMILES string of the molecule is CC(C)c1noc(N2CCC(COc3ccc(-c4ccc(S(=O)(=O)NCCc5ccncc5)cc4)cc3)CC2)n1. The molecule has 2 aromatic heterocycles. The molecule has 3 heterocycles. The van der Waals surface area contributed by atoms with Crippen LogP contribution in [0, 0.1) is 5.92 Å². The summed E-state index contributed by atoms with van der Waals surface area (Å²) in [6.45, 7) is 6.84. The van der Waals surface area contributed by atoms with Crippen LogP contribution in [0.3, 0.4) is 0 Å². The lowest BCUT2D eigenvalue weighted by atomic mass is 9.98. The number of ether oxygens (including phenoxy) is 1. The van der Waals surface area contributed by atoms with Gasteiger partial charge in [0.05, 0.1) is 11.5 Å². The number of sulfonamides is 1. The Morgan fingerprint density at radius 3 is 2.25 bits per heavy atom. The summed E-state index contributed by atoms with van der Waals surface area (Å²) < 4.78 is 39.5. The first-order chi connectivity index (χ1) is 19.4. The van der Waals surface area contributed by atoms with Gasteiger partial charge >= 0.3 is 6.01 Å². The molecule has 0 amide bonds. The molecule has 0 unspecified atom stereocenters. The summed E-state index contributed by atoms with van der Waals surface area (Å²) in [6.07, 6.45) is 6.02. The van der Waals surface area contributed by atoms with Crippen LogP contribution in [-0.4, -0.2) is 49.8 Å². The van der Waals surface area contributed by atoms with Crippen molar-refractivity contribution in [3.8, 4) is 16.9 Å². The highest BCUT2D eigenvalue weighted by molar-refractivity contribution is 7.89. The average molecular weight is 562 g/mol. The zero-order valence-corrected chi connectivity index (χ0v) is 23.7. The molecule has 1 aliphatic rings. The monoisotopic (exact) mass is 561 g/mol. The van der Waals surface area contributed by atoms with Gasteiger partial charge in [-0.1, -0.05) is 43.3 Å². The second-order valence-electron chi connectivity index (χ2n) is 10.4. The summed E-state index contributed by atoms with van der Waals surface area (Å²) >= 11 is 0. The van der Waals surface area contributed by atoms with E-state index in [9.17, 15) is 8.42 Å². The molecule has 0 radical (unpaired) electrons. The molecule has 1 fully saturated rings. The van der Waals surface area contributed by atoms with Crippen molar-refractivity contribution >= 4 is 16.0 Å². The van der Waals surface area contributed by atoms with Crippen molar-refractivity contribution in [1.29, 1.82) is 0 Å². The first-order valence-electron chi connectivity index (χ1n) is 13.7. The van der Waals surface area contributed by atoms with Gasteiger partial charge in [0.1, 0.15) is 5.75 Å². The zero-order valence-electron chi connectivity index (χ0n) is 22.9. The van der Waals surface area contributed by atoms with E-state index in [1.54, 1.807) is 24.5 Å². The summed E-state index contributed by atoms with van der Waals surface area (Å²) in [5.74, 6) is 2.29. The van der Waals surface area contributed by atoms with Crippen molar-refractivity contribution in [2.75, 3.05) is 31.1 Å². The average Bonchev–Trinajstić information content (AvgIpc) is 3.48. The van der Waals surface area contributed by atoms with E-state index < -0.39 is 10.0 Å². The van der Waals surface area contributed by atoms with Gasteiger partial charge in [0, 0.05) is 37.9 Å². The van der Waals surface area contributed by atoms with Crippen LogP contribution in [0.1, 0.15) is 44.0 Å². The molecule has 5 rings (SSSR count). The Balaban J connectivity index is 1.08. The number of pyridine rings is 1. The van der Waals surface area contributed by atoms with Crippen LogP contribution in [0.5, 0.6) is 5.75 Å². The molecule has 9 nitrogen and oxygen atoms in total. The van der Waals surface area contributed by atoms with Crippen molar-refractivity contribution in [3.63, 3.8) is 0 Å². The Kier molecular flexibility index (Phi) is 8.76. The predicted octanol–water partition coefficient (Wildman–Crippen LogP) is 5.07. The quantitative estimate of drug-likeness (QED) is 0.270. The smallest absolute Gasteiger partial charge is 0.324 e. The predicted molar refractivity (Wildman–Crippen MR) is 154 cm³/mol. The largest absolute Gasteiger partial charge is 0.493 e. The molecule has 10 heteroatoms. The first kappa shape index (κ1) is 27.8. The van der Waals surface area contributed by atoms with E-state index in [0.717, 1.165) is 54.2 Å². The Labute approximate surface area is 235 Å². The van der Waals surface area contributed by atoms with Gasteiger partial charge in [-0.3, -0.25) is 4.98 Å². The Morgan fingerprint density at radius 1 is 0.975 bits per heavy atom. The molecule has 4 aromatic rings. The second kappa shape index (κ2) is 12.6. The minimum absolute atomic E-state index is 0.247. The molecule has 1 N–H and O–H groups in total. The van der Waals surface area contributed by atoms with Gasteiger partial charge in [0.15, 0.2) is 5.82 Å². The highest BCUT2D eigenvalue weighted by Gasteiger charge is 2.24. The minimum Gasteiger partial charge on any atom is -0.493 e. The highest BCUT2D eigenvalue weighted by Crippen LogP contribution is 2.27. The lowest BCUT2D eigenvalue weighted by Crippen LogP contribution is -2.35. The maximum atomic E-state index is 12.7. The van der Waals surface area contributed by atoms with E-state index in [2.05, 4.69) is 38.6 Å². The number of rotatable bonds is 11. The van der Waals surface area contributed by atoms with Crippen LogP contribution in [0.25, 0.3) is 11.1 Å². The van der Waals surface area contributed by atoms with Gasteiger partial charge in [-0.05, 0) is 78.3 Å². The number of hydrogen-bond donors (Lipinski definition) is 1. The van der Waals surface area contributed by atoms with E-state index >= 15 is 0 Å². The third-order valence-corrected chi connectivity index (χ3v) is 8.60. The van der Waals surface area contributed by atoms with Crippen molar-refractivity contribution in [2.24, 2.45) is 5.92 Å². The van der Waals surface area contributed by atoms with Crippen LogP contribution in [0.2, 0.25) is 0 Å². The van der Waals surface area contributed by atoms with E-state index in [-0.39, 0.29) is 10.8 Å². The van der Waals surface area contributed by atoms with Crippen LogP contribution >= 0.6 is 0 Å². The number of nitrogens with zero attached hydrogens (tertiary/aromatic N) is 4. The molecule has 0 spiro atoms. The van der Waals surface area contributed by atoms with Crippen molar-refractivity contribution in [1.82, 2.24) is 19.8 Å². The molecular formula is C30H35N5O4S. The molecule has 0 bridgehead atoms. The standard InChI is InChI=1S/C30H35N5O4S/c1-22(2)29-33-30(39-34-29)35-19-14-24(15-20-35)21-38-27-7-3-25(4-8-27)26-5-9-28(10-6-26)40(36,37)32-18-13-23-11-16-31-17-12-23/h3-12,16-17,22,24,32H,13-15,18-21H2,1-2H3. The zero-order chi connectivity index (χ0) is 28.0. The van der Waals surface area contributed by atoms with E-state index in [4.69, 9.17) is 9.26 Å². The number of anilines is 1. The number of nitrogens with one attached hydrogen (secondary N) is 1. The molecule has 0 aliphatic carbocycles. The second-order valence-corrected chi connectivity index (χ2v) is 12.2. The van der Waals surface area contributed by atoms with E-state index in [1.807, 2.05) is 48.5 Å². The van der Waals surface area contributed by atoms with E-state index in [0.29, 0.717) is 31.5 Å². The summed E-state index contributed by atoms with van der Waals surface area (Å²) in [4.78, 5) is 10.9. The van der Waals surface area contributed by atoms with Gasteiger partial charge in [-0.25, -0.2) is 13.1 Å². The Morgan fingerprint density at radius 2 is 1.62 bits per heavy atom. The van der Waals surface area contributed by atoms with Crippen LogP contribution in [-0.2, 0) is 16.4 Å². The van der Waals surface area contributed by atoms with Gasteiger partial charge in [-0.2, -0.15) is 4.98 Å². The molecule has 0 atom stereocenters. The van der Waals surface area contributed by atoms with Gasteiger partial charge in [-0.15, -0.1) is 0 Å². The summed E-state index contributed by atoms with van der Waals surface area (Å²) in [5.41, 5.74) is 2.97. The topological polar surface area (TPSA) is 110 Å². The minimum atomic E-state index is -3.58. The maximum absolute atomic E-state index is 12.7. The van der Waals surface area contributed by atoms with Crippen molar-refractivity contribution in [3.05, 3.63) is 84.4 Å². The summed E-state index contributed by atoms with van der Waals surface area (Å²) in [7, 11) is -3.58. The van der Waals surface area contributed by atoms with Crippen LogP contribution in [0.15, 0.2) is 82.5 Å². The fourth-order valence-electron chi connectivity index (χ4n) is 4.63. The van der Waals surface area contributed by atoms with Crippen molar-refractivity contribution < 1.29 is 17.7 Å². The van der Waals surface area contributed by atoms with Gasteiger partial charge in [0.2, 0.25) is 10.0 Å². The van der Waals surface area contributed by atoms with Crippen molar-refractivity contribution in [2.45, 2.75) is 43.9 Å². The molecule has 1 saturated heterocycles. The molecule has 40 heavy (non-hydrogen) atoms. The molecule has 1 aliphatic heterocycles. The van der Waals surface area contributed by atoms with Gasteiger partial charge < -0.3 is 14.2 Å². The third kappa shape index (κ3) is 7.05. The fourth-order valence-corrected chi connectivity index (χ4v) is 5.66. The molecule has 2 aromatic carbocycles. The molecular weight excluding hydrogens is 526 g/mol. The molecule has 210 valence electrons. The van der Waals surface area contributed by atoms with E-state index in [1.165, 1.54) is 0 Å². The number of hydrogen-bond acceptors (Lipinski definition) is 8. The first-order valence-corrected chi connectivity index (χ1v) is 15.2. The highest BCUT2D eigenvalue weighted by atomic mass is 32.2. The van der Waals surface area contributed by atoms with Gasteiger partial charge in [0.25, 0.3) is 0 Å². The number of piperidine rings is 1. The lowest BCUT2D eigenvalue weighted by molar-refractivity contribution is 0.220. The number of benzene rings is 2. The normalized spacial score (nSPS) is 14.5. The lowest BCUT2D eigenvalue weighted by Gasteiger charge is -2.30. The Hall–Kier alpha value is -3.76. The third-order valence-electron chi connectivity index (χ3n) is 7.13. The summed E-state index contributed by atoms with van der Waals surface area (Å²) in [5, 5.41) is 4.07.